The number of amides is 1. The van der Waals surface area contributed by atoms with E-state index in [0.717, 1.165) is 16.8 Å². The highest BCUT2D eigenvalue weighted by molar-refractivity contribution is 7.80. The zero-order valence-electron chi connectivity index (χ0n) is 11.1. The van der Waals surface area contributed by atoms with Gasteiger partial charge in [0.1, 0.15) is 4.99 Å². The Bertz CT molecular complexity index is 620. The SMILES string of the molecule is Cc1cc(CNC(=O)Cc2ccc(C(N)=S)cc2)on1. The monoisotopic (exact) mass is 289 g/mol. The van der Waals surface area contributed by atoms with Crippen LogP contribution >= 0.6 is 12.2 Å². The standard InChI is InChI=1S/C14H15N3O2S/c1-9-6-12(19-17-9)8-16-13(18)7-10-2-4-11(5-3-10)14(15)20/h2-6H,7-8H2,1H3,(H2,15,20)(H,16,18). The molecule has 0 aliphatic rings. The van der Waals surface area contributed by atoms with E-state index in [9.17, 15) is 4.79 Å². The third-order valence-corrected chi connectivity index (χ3v) is 2.98. The van der Waals surface area contributed by atoms with Crippen molar-refractivity contribution in [3.8, 4) is 0 Å². The van der Waals surface area contributed by atoms with Gasteiger partial charge in [-0.1, -0.05) is 41.6 Å². The summed E-state index contributed by atoms with van der Waals surface area (Å²) in [6.45, 7) is 2.17. The van der Waals surface area contributed by atoms with Gasteiger partial charge in [-0.15, -0.1) is 0 Å². The summed E-state index contributed by atoms with van der Waals surface area (Å²) in [6.07, 6.45) is 0.296. The molecule has 1 amide bonds. The van der Waals surface area contributed by atoms with Crippen LogP contribution in [0, 0.1) is 6.92 Å². The third-order valence-electron chi connectivity index (χ3n) is 2.74. The number of nitrogens with one attached hydrogen (secondary N) is 1. The molecule has 0 aliphatic heterocycles. The fourth-order valence-electron chi connectivity index (χ4n) is 1.72. The lowest BCUT2D eigenvalue weighted by molar-refractivity contribution is -0.120. The number of rotatable bonds is 5. The topological polar surface area (TPSA) is 81.2 Å². The summed E-state index contributed by atoms with van der Waals surface area (Å²) < 4.78 is 5.01. The summed E-state index contributed by atoms with van der Waals surface area (Å²) in [5.41, 5.74) is 8.00. The molecular formula is C14H15N3O2S. The molecule has 0 unspecified atom stereocenters. The van der Waals surface area contributed by atoms with Gasteiger partial charge in [0.25, 0.3) is 0 Å². The molecule has 20 heavy (non-hydrogen) atoms. The normalized spacial score (nSPS) is 10.2. The molecule has 5 nitrogen and oxygen atoms in total. The molecule has 0 bridgehead atoms. The van der Waals surface area contributed by atoms with E-state index < -0.39 is 0 Å². The van der Waals surface area contributed by atoms with Crippen molar-refractivity contribution in [1.29, 1.82) is 0 Å². The Morgan fingerprint density at radius 1 is 1.40 bits per heavy atom. The zero-order chi connectivity index (χ0) is 14.5. The number of carbonyl (C=O) groups is 1. The average molecular weight is 289 g/mol. The van der Waals surface area contributed by atoms with Crippen molar-refractivity contribution in [3.05, 3.63) is 52.9 Å². The average Bonchev–Trinajstić information content (AvgIpc) is 2.83. The van der Waals surface area contributed by atoms with Crippen molar-refractivity contribution in [2.24, 2.45) is 5.73 Å². The first kappa shape index (κ1) is 14.2. The molecule has 104 valence electrons. The van der Waals surface area contributed by atoms with Crippen LogP contribution in [0.25, 0.3) is 0 Å². The number of benzene rings is 1. The maximum absolute atomic E-state index is 11.8. The molecule has 1 aromatic carbocycles. The van der Waals surface area contributed by atoms with Gasteiger partial charge in [-0.2, -0.15) is 0 Å². The fraction of sp³-hybridized carbons (Fsp3) is 0.214. The second kappa shape index (κ2) is 6.29. The summed E-state index contributed by atoms with van der Waals surface area (Å²) in [5.74, 6) is 0.557. The van der Waals surface area contributed by atoms with Crippen LogP contribution in [0.1, 0.15) is 22.6 Å². The van der Waals surface area contributed by atoms with E-state index in [1.807, 2.05) is 31.2 Å². The third kappa shape index (κ3) is 3.89. The summed E-state index contributed by atoms with van der Waals surface area (Å²) in [4.78, 5) is 12.1. The summed E-state index contributed by atoms with van der Waals surface area (Å²) in [7, 11) is 0. The largest absolute Gasteiger partial charge is 0.389 e. The smallest absolute Gasteiger partial charge is 0.224 e. The lowest BCUT2D eigenvalue weighted by atomic mass is 10.1. The predicted molar refractivity (Wildman–Crippen MR) is 79.1 cm³/mol. The maximum Gasteiger partial charge on any atom is 0.224 e. The molecule has 2 aromatic rings. The van der Waals surface area contributed by atoms with E-state index in [0.29, 0.717) is 23.7 Å². The molecule has 2 rings (SSSR count). The number of hydrogen-bond donors (Lipinski definition) is 2. The first-order valence-corrected chi connectivity index (χ1v) is 6.53. The molecular weight excluding hydrogens is 274 g/mol. The van der Waals surface area contributed by atoms with Crippen LogP contribution in [0.5, 0.6) is 0 Å². The Balaban J connectivity index is 1.86. The highest BCUT2D eigenvalue weighted by atomic mass is 32.1. The van der Waals surface area contributed by atoms with Crippen LogP contribution in [0.3, 0.4) is 0 Å². The number of nitrogens with two attached hydrogens (primary N) is 1. The molecule has 0 saturated carbocycles. The highest BCUT2D eigenvalue weighted by Gasteiger charge is 2.06. The van der Waals surface area contributed by atoms with Crippen molar-refractivity contribution >= 4 is 23.1 Å². The number of hydrogen-bond acceptors (Lipinski definition) is 4. The van der Waals surface area contributed by atoms with Crippen LogP contribution in [0.2, 0.25) is 0 Å². The van der Waals surface area contributed by atoms with Crippen LogP contribution in [0.4, 0.5) is 0 Å². The predicted octanol–water partition coefficient (Wildman–Crippen LogP) is 1.48. The van der Waals surface area contributed by atoms with Crippen LogP contribution in [-0.2, 0) is 17.8 Å². The van der Waals surface area contributed by atoms with Gasteiger partial charge in [0.15, 0.2) is 5.76 Å². The highest BCUT2D eigenvalue weighted by Crippen LogP contribution is 2.06. The molecule has 6 heteroatoms. The quantitative estimate of drug-likeness (QED) is 0.815. The lowest BCUT2D eigenvalue weighted by Gasteiger charge is -2.04. The molecule has 0 radical (unpaired) electrons. The molecule has 0 fully saturated rings. The van der Waals surface area contributed by atoms with Gasteiger partial charge in [0.2, 0.25) is 5.91 Å². The van der Waals surface area contributed by atoms with Crippen molar-refractivity contribution < 1.29 is 9.32 Å². The number of thiocarbonyl (C=S) groups is 1. The minimum atomic E-state index is -0.0814. The molecule has 0 atom stereocenters. The molecule has 0 saturated heterocycles. The van der Waals surface area contributed by atoms with Crippen molar-refractivity contribution in [3.63, 3.8) is 0 Å². The Kier molecular flexibility index (Phi) is 4.47. The van der Waals surface area contributed by atoms with Gasteiger partial charge in [-0.3, -0.25) is 4.79 Å². The van der Waals surface area contributed by atoms with Gasteiger partial charge in [0, 0.05) is 11.6 Å². The minimum Gasteiger partial charge on any atom is -0.389 e. The minimum absolute atomic E-state index is 0.0814. The summed E-state index contributed by atoms with van der Waals surface area (Å²) >= 11 is 4.87. The zero-order valence-corrected chi connectivity index (χ0v) is 11.9. The van der Waals surface area contributed by atoms with E-state index >= 15 is 0 Å². The Morgan fingerprint density at radius 2 is 2.10 bits per heavy atom. The fourth-order valence-corrected chi connectivity index (χ4v) is 1.86. The van der Waals surface area contributed by atoms with Crippen LogP contribution in [-0.4, -0.2) is 16.1 Å². The van der Waals surface area contributed by atoms with Gasteiger partial charge < -0.3 is 15.6 Å². The number of aryl methyl sites for hydroxylation is 1. The second-order valence-electron chi connectivity index (χ2n) is 4.45. The summed E-state index contributed by atoms with van der Waals surface area (Å²) in [6, 6.07) is 9.09. The van der Waals surface area contributed by atoms with Crippen molar-refractivity contribution in [2.75, 3.05) is 0 Å². The molecule has 1 heterocycles. The van der Waals surface area contributed by atoms with Gasteiger partial charge in [-0.25, -0.2) is 0 Å². The lowest BCUT2D eigenvalue weighted by Crippen LogP contribution is -2.24. The van der Waals surface area contributed by atoms with Crippen LogP contribution < -0.4 is 11.1 Å². The van der Waals surface area contributed by atoms with E-state index in [4.69, 9.17) is 22.5 Å². The Morgan fingerprint density at radius 3 is 2.65 bits per heavy atom. The van der Waals surface area contributed by atoms with Crippen LogP contribution in [0.15, 0.2) is 34.9 Å². The van der Waals surface area contributed by atoms with Gasteiger partial charge >= 0.3 is 0 Å². The van der Waals surface area contributed by atoms with Gasteiger partial charge in [-0.05, 0) is 12.5 Å². The first-order chi connectivity index (χ1) is 9.54. The van der Waals surface area contributed by atoms with E-state index in [1.165, 1.54) is 0 Å². The molecule has 0 spiro atoms. The first-order valence-electron chi connectivity index (χ1n) is 6.12. The van der Waals surface area contributed by atoms with Crippen molar-refractivity contribution in [2.45, 2.75) is 19.9 Å². The van der Waals surface area contributed by atoms with E-state index in [-0.39, 0.29) is 5.91 Å². The number of aromatic nitrogens is 1. The second-order valence-corrected chi connectivity index (χ2v) is 4.89. The number of nitrogens with zero attached hydrogens (tertiary/aromatic N) is 1. The van der Waals surface area contributed by atoms with Crippen molar-refractivity contribution in [1.82, 2.24) is 10.5 Å². The summed E-state index contributed by atoms with van der Waals surface area (Å²) in [5, 5.41) is 6.53. The molecule has 0 aliphatic carbocycles. The molecule has 3 N–H and O–H groups in total. The Hall–Kier alpha value is -2.21. The Labute approximate surface area is 122 Å². The maximum atomic E-state index is 11.8. The van der Waals surface area contributed by atoms with Gasteiger partial charge in [0.05, 0.1) is 18.7 Å². The van der Waals surface area contributed by atoms with E-state index in [2.05, 4.69) is 10.5 Å². The molecule has 1 aromatic heterocycles. The van der Waals surface area contributed by atoms with E-state index in [1.54, 1.807) is 6.07 Å². The number of carbonyl (C=O) groups excluding carboxylic acids is 1.